The van der Waals surface area contributed by atoms with Crippen molar-refractivity contribution < 1.29 is 28.3 Å². The first-order valence-electron chi connectivity index (χ1n) is 10.6. The smallest absolute Gasteiger partial charge is 0.241 e. The van der Waals surface area contributed by atoms with E-state index in [4.69, 9.17) is 4.74 Å². The summed E-state index contributed by atoms with van der Waals surface area (Å²) in [6, 6.07) is 18.3. The molecule has 3 atom stereocenters. The Labute approximate surface area is 201 Å². The number of benzene rings is 3. The zero-order valence-corrected chi connectivity index (χ0v) is 19.0. The van der Waals surface area contributed by atoms with Crippen molar-refractivity contribution in [3.05, 3.63) is 99.8 Å². The SMILES string of the molecule is O=C1[C@H]2[C@@H](c3cccc(F)c3)OC3(C(=O)c4ccccc4C3=O)[C@H]2C(=O)N1c1ccc(Br)cc1. The van der Waals surface area contributed by atoms with Gasteiger partial charge in [-0.1, -0.05) is 52.3 Å². The molecule has 6 nitrogen and oxygen atoms in total. The second-order valence-electron chi connectivity index (χ2n) is 8.52. The van der Waals surface area contributed by atoms with Crippen molar-refractivity contribution in [3.63, 3.8) is 0 Å². The number of ketones is 2. The van der Waals surface area contributed by atoms with Gasteiger partial charge in [0.2, 0.25) is 29.0 Å². The number of anilines is 1. The normalized spacial score (nSPS) is 24.8. The summed E-state index contributed by atoms with van der Waals surface area (Å²) >= 11 is 3.33. The van der Waals surface area contributed by atoms with E-state index in [0.717, 1.165) is 9.37 Å². The van der Waals surface area contributed by atoms with Crippen LogP contribution in [0.4, 0.5) is 10.1 Å². The lowest BCUT2D eigenvalue weighted by Crippen LogP contribution is -2.51. The van der Waals surface area contributed by atoms with Gasteiger partial charge in [-0.25, -0.2) is 9.29 Å². The van der Waals surface area contributed by atoms with Crippen LogP contribution >= 0.6 is 15.9 Å². The van der Waals surface area contributed by atoms with Gasteiger partial charge in [0.15, 0.2) is 0 Å². The number of ether oxygens (including phenoxy) is 1. The van der Waals surface area contributed by atoms with Crippen molar-refractivity contribution in [2.45, 2.75) is 11.7 Å². The van der Waals surface area contributed by atoms with Crippen molar-refractivity contribution in [1.29, 1.82) is 0 Å². The van der Waals surface area contributed by atoms with Crippen molar-refractivity contribution in [3.8, 4) is 0 Å². The number of amides is 2. The van der Waals surface area contributed by atoms with Crippen LogP contribution in [0.15, 0.2) is 77.3 Å². The van der Waals surface area contributed by atoms with Crippen molar-refractivity contribution in [1.82, 2.24) is 0 Å². The molecule has 3 aliphatic rings. The predicted octanol–water partition coefficient (Wildman–Crippen LogP) is 4.28. The van der Waals surface area contributed by atoms with Crippen molar-refractivity contribution >= 4 is 45.0 Å². The van der Waals surface area contributed by atoms with Crippen molar-refractivity contribution in [2.24, 2.45) is 11.8 Å². The lowest BCUT2D eigenvalue weighted by molar-refractivity contribution is -0.127. The van der Waals surface area contributed by atoms with Crippen LogP contribution in [0.3, 0.4) is 0 Å². The van der Waals surface area contributed by atoms with Gasteiger partial charge in [-0.2, -0.15) is 0 Å². The standard InChI is InChI=1S/C26H15BrFNO5/c27-14-8-10-16(11-9-14)29-24(32)19-20(25(29)33)26(34-21(19)13-4-3-5-15(28)12-13)22(30)17-6-1-2-7-18(17)23(26)31/h1-12,19-21H/t19-,20-,21-/m1/s1. The van der Waals surface area contributed by atoms with E-state index in [1.165, 1.54) is 30.3 Å². The summed E-state index contributed by atoms with van der Waals surface area (Å²) in [4.78, 5) is 55.7. The van der Waals surface area contributed by atoms with Gasteiger partial charge >= 0.3 is 0 Å². The number of carbonyl (C=O) groups is 4. The molecule has 6 rings (SSSR count). The van der Waals surface area contributed by atoms with Crippen LogP contribution in [-0.2, 0) is 14.3 Å². The first-order valence-corrected chi connectivity index (χ1v) is 11.4. The molecule has 8 heteroatoms. The molecule has 3 aromatic rings. The molecule has 3 aromatic carbocycles. The van der Waals surface area contributed by atoms with Gasteiger partial charge in [0.1, 0.15) is 5.82 Å². The summed E-state index contributed by atoms with van der Waals surface area (Å²) in [6.45, 7) is 0. The van der Waals surface area contributed by atoms with Gasteiger partial charge in [-0.15, -0.1) is 0 Å². The van der Waals surface area contributed by atoms with Gasteiger partial charge in [0.25, 0.3) is 0 Å². The number of nitrogens with zero attached hydrogens (tertiary/aromatic N) is 1. The Kier molecular flexibility index (Phi) is 4.49. The van der Waals surface area contributed by atoms with Crippen LogP contribution in [-0.4, -0.2) is 29.0 Å². The number of imide groups is 1. The number of hydrogen-bond acceptors (Lipinski definition) is 5. The molecule has 0 saturated carbocycles. The molecule has 2 heterocycles. The van der Waals surface area contributed by atoms with Crippen LogP contribution in [0, 0.1) is 17.7 Å². The maximum atomic E-state index is 14.1. The zero-order chi connectivity index (χ0) is 23.8. The quantitative estimate of drug-likeness (QED) is 0.372. The summed E-state index contributed by atoms with van der Waals surface area (Å²) in [5.74, 6) is -5.69. The molecule has 0 radical (unpaired) electrons. The molecule has 0 N–H and O–H groups in total. The summed E-state index contributed by atoms with van der Waals surface area (Å²) in [7, 11) is 0. The molecule has 0 aromatic heterocycles. The Morgan fingerprint density at radius 2 is 1.47 bits per heavy atom. The fourth-order valence-corrected chi connectivity index (χ4v) is 5.61. The number of hydrogen-bond donors (Lipinski definition) is 0. The van der Waals surface area contributed by atoms with Gasteiger partial charge in [-0.3, -0.25) is 19.2 Å². The highest BCUT2D eigenvalue weighted by molar-refractivity contribution is 9.10. The van der Waals surface area contributed by atoms with Gasteiger partial charge in [0, 0.05) is 15.6 Å². The number of rotatable bonds is 2. The van der Waals surface area contributed by atoms with Gasteiger partial charge in [0.05, 0.1) is 23.6 Å². The first kappa shape index (κ1) is 21.1. The van der Waals surface area contributed by atoms with E-state index in [1.807, 2.05) is 0 Å². The molecule has 2 saturated heterocycles. The van der Waals surface area contributed by atoms with E-state index in [9.17, 15) is 23.6 Å². The second kappa shape index (κ2) is 7.25. The monoisotopic (exact) mass is 519 g/mol. The molecule has 1 aliphatic carbocycles. The lowest BCUT2D eigenvalue weighted by Gasteiger charge is -2.27. The van der Waals surface area contributed by atoms with Gasteiger partial charge in [-0.05, 0) is 42.0 Å². The van der Waals surface area contributed by atoms with Gasteiger partial charge < -0.3 is 4.74 Å². The molecule has 34 heavy (non-hydrogen) atoms. The topological polar surface area (TPSA) is 80.8 Å². The van der Waals surface area contributed by atoms with E-state index < -0.39 is 52.7 Å². The highest BCUT2D eigenvalue weighted by Crippen LogP contribution is 2.57. The number of Topliss-reactive ketones (excluding diaryl/α,β-unsaturated/α-hetero) is 2. The second-order valence-corrected chi connectivity index (χ2v) is 9.44. The number of carbonyl (C=O) groups excluding carboxylic acids is 4. The molecular formula is C26H15BrFNO5. The Balaban J connectivity index is 1.55. The van der Waals surface area contributed by atoms with Crippen LogP contribution in [0.1, 0.15) is 32.4 Å². The van der Waals surface area contributed by atoms with Crippen LogP contribution in [0.25, 0.3) is 0 Å². The average Bonchev–Trinajstić information content (AvgIpc) is 3.40. The Bertz CT molecular complexity index is 1380. The largest absolute Gasteiger partial charge is 0.349 e. The maximum absolute atomic E-state index is 14.1. The van der Waals surface area contributed by atoms with Crippen LogP contribution in [0.5, 0.6) is 0 Å². The molecule has 2 aliphatic heterocycles. The summed E-state index contributed by atoms with van der Waals surface area (Å²) in [5, 5.41) is 0. The van der Waals surface area contributed by atoms with E-state index in [2.05, 4.69) is 15.9 Å². The van der Waals surface area contributed by atoms with Crippen molar-refractivity contribution in [2.75, 3.05) is 4.90 Å². The molecule has 0 unspecified atom stereocenters. The summed E-state index contributed by atoms with van der Waals surface area (Å²) < 4.78 is 21.0. The maximum Gasteiger partial charge on any atom is 0.241 e. The molecule has 0 bridgehead atoms. The lowest BCUT2D eigenvalue weighted by atomic mass is 9.77. The van der Waals surface area contributed by atoms with E-state index in [-0.39, 0.29) is 16.7 Å². The first-order chi connectivity index (χ1) is 16.3. The zero-order valence-electron chi connectivity index (χ0n) is 17.4. The third-order valence-electron chi connectivity index (χ3n) is 6.78. The van der Waals surface area contributed by atoms with E-state index in [0.29, 0.717) is 5.69 Å². The molecule has 2 amide bonds. The predicted molar refractivity (Wildman–Crippen MR) is 122 cm³/mol. The minimum atomic E-state index is -2.18. The van der Waals surface area contributed by atoms with Crippen LogP contribution in [0.2, 0.25) is 0 Å². The molecular weight excluding hydrogens is 505 g/mol. The third kappa shape index (κ3) is 2.63. The molecule has 1 spiro atoms. The summed E-state index contributed by atoms with van der Waals surface area (Å²) in [6.07, 6.45) is -1.15. The molecule has 168 valence electrons. The number of fused-ring (bicyclic) bond motifs is 3. The fourth-order valence-electron chi connectivity index (χ4n) is 5.35. The minimum Gasteiger partial charge on any atom is -0.349 e. The highest BCUT2D eigenvalue weighted by Gasteiger charge is 2.74. The third-order valence-corrected chi connectivity index (χ3v) is 7.31. The average molecular weight is 520 g/mol. The minimum absolute atomic E-state index is 0.147. The molecule has 2 fully saturated rings. The van der Waals surface area contributed by atoms with E-state index in [1.54, 1.807) is 42.5 Å². The Morgan fingerprint density at radius 1 is 0.824 bits per heavy atom. The summed E-state index contributed by atoms with van der Waals surface area (Å²) in [5.41, 5.74) is -1.29. The van der Waals surface area contributed by atoms with E-state index >= 15 is 0 Å². The van der Waals surface area contributed by atoms with Crippen LogP contribution < -0.4 is 4.90 Å². The highest BCUT2D eigenvalue weighted by atomic mass is 79.9. The fraction of sp³-hybridized carbons (Fsp3) is 0.154. The Hall–Kier alpha value is -3.49. The number of halogens is 2. The Morgan fingerprint density at radius 3 is 2.09 bits per heavy atom.